The largest absolute Gasteiger partial charge is 0.354 e. The molecule has 2 aromatic heterocycles. The lowest BCUT2D eigenvalue weighted by atomic mass is 10.2. The van der Waals surface area contributed by atoms with E-state index in [4.69, 9.17) is 11.6 Å². The summed E-state index contributed by atoms with van der Waals surface area (Å²) in [4.78, 5) is 33.7. The van der Waals surface area contributed by atoms with Gasteiger partial charge in [0.1, 0.15) is 0 Å². The van der Waals surface area contributed by atoms with E-state index in [1.54, 1.807) is 11.6 Å². The number of hydrogen-bond acceptors (Lipinski definition) is 5. The highest BCUT2D eigenvalue weighted by molar-refractivity contribution is 6.31. The van der Waals surface area contributed by atoms with Crippen LogP contribution < -0.4 is 16.6 Å². The van der Waals surface area contributed by atoms with Crippen LogP contribution in [-0.2, 0) is 13.6 Å². The van der Waals surface area contributed by atoms with Gasteiger partial charge in [0.05, 0.1) is 6.54 Å². The number of benzene rings is 1. The number of rotatable bonds is 8. The molecule has 0 aliphatic carbocycles. The van der Waals surface area contributed by atoms with Crippen molar-refractivity contribution < 1.29 is 0 Å². The number of nitrogens with one attached hydrogen (secondary N) is 2. The van der Waals surface area contributed by atoms with Crippen LogP contribution in [0, 0.1) is 0 Å². The summed E-state index contributed by atoms with van der Waals surface area (Å²) in [5.41, 5.74) is 0.589. The van der Waals surface area contributed by atoms with E-state index in [-0.39, 0.29) is 0 Å². The van der Waals surface area contributed by atoms with Crippen molar-refractivity contribution in [2.45, 2.75) is 20.4 Å². The Morgan fingerprint density at radius 1 is 1.21 bits per heavy atom. The van der Waals surface area contributed by atoms with Crippen LogP contribution in [0.2, 0.25) is 5.02 Å². The van der Waals surface area contributed by atoms with Gasteiger partial charge in [0.15, 0.2) is 11.2 Å². The maximum absolute atomic E-state index is 12.5. The average molecular weight is 405 g/mol. The number of aryl methyl sites for hydroxylation is 1. The molecule has 2 N–H and O–H groups in total. The van der Waals surface area contributed by atoms with E-state index in [1.165, 1.54) is 4.57 Å². The van der Waals surface area contributed by atoms with Crippen LogP contribution in [0.3, 0.4) is 0 Å². The Labute approximate surface area is 167 Å². The SMILES string of the molecule is CCN(CC)CCNc1nc2c(c(=O)[nH]c(=O)n2C)n1Cc1ccccc1Cl. The second kappa shape index (κ2) is 8.62. The molecule has 0 atom stereocenters. The highest BCUT2D eigenvalue weighted by atomic mass is 35.5. The third kappa shape index (κ3) is 3.98. The van der Waals surface area contributed by atoms with Crippen molar-refractivity contribution in [2.75, 3.05) is 31.5 Å². The van der Waals surface area contributed by atoms with Crippen LogP contribution in [0.15, 0.2) is 33.9 Å². The third-order valence-electron chi connectivity index (χ3n) is 4.90. The zero-order chi connectivity index (χ0) is 20.3. The number of halogens is 1. The molecule has 0 fully saturated rings. The number of anilines is 1. The van der Waals surface area contributed by atoms with Gasteiger partial charge in [-0.2, -0.15) is 4.98 Å². The first-order valence-corrected chi connectivity index (χ1v) is 9.73. The Kier molecular flexibility index (Phi) is 6.21. The van der Waals surface area contributed by atoms with Crippen molar-refractivity contribution in [2.24, 2.45) is 7.05 Å². The van der Waals surface area contributed by atoms with Gasteiger partial charge in [-0.05, 0) is 24.7 Å². The molecule has 0 unspecified atom stereocenters. The van der Waals surface area contributed by atoms with Gasteiger partial charge in [-0.15, -0.1) is 0 Å². The van der Waals surface area contributed by atoms with Gasteiger partial charge in [0.2, 0.25) is 5.95 Å². The molecular weight excluding hydrogens is 380 g/mol. The minimum Gasteiger partial charge on any atom is -0.354 e. The van der Waals surface area contributed by atoms with Crippen molar-refractivity contribution in [3.05, 3.63) is 55.7 Å². The van der Waals surface area contributed by atoms with Gasteiger partial charge in [0.25, 0.3) is 5.56 Å². The second-order valence-electron chi connectivity index (χ2n) is 6.56. The quantitative estimate of drug-likeness (QED) is 0.598. The number of fused-ring (bicyclic) bond motifs is 1. The lowest BCUT2D eigenvalue weighted by Gasteiger charge is -2.18. The zero-order valence-electron chi connectivity index (χ0n) is 16.3. The maximum atomic E-state index is 12.5. The Hall–Kier alpha value is -2.58. The van der Waals surface area contributed by atoms with Crippen molar-refractivity contribution in [3.8, 4) is 0 Å². The Morgan fingerprint density at radius 2 is 1.93 bits per heavy atom. The van der Waals surface area contributed by atoms with E-state index < -0.39 is 11.2 Å². The molecule has 150 valence electrons. The minimum atomic E-state index is -0.491. The monoisotopic (exact) mass is 404 g/mol. The predicted octanol–water partition coefficient (Wildman–Crippen LogP) is 1.88. The van der Waals surface area contributed by atoms with Gasteiger partial charge >= 0.3 is 5.69 Å². The number of H-pyrrole nitrogens is 1. The molecule has 8 nitrogen and oxygen atoms in total. The standard InChI is InChI=1S/C19H25ClN6O2/c1-4-25(5-2)11-10-21-18-22-16-15(17(27)23-19(28)24(16)3)26(18)12-13-8-6-7-9-14(13)20/h6-9H,4-5,10-12H2,1-3H3,(H,21,22)(H,23,27,28). The third-order valence-corrected chi connectivity index (χ3v) is 5.27. The molecule has 0 saturated carbocycles. The molecular formula is C19H25ClN6O2. The van der Waals surface area contributed by atoms with Gasteiger partial charge in [-0.1, -0.05) is 43.6 Å². The van der Waals surface area contributed by atoms with Crippen LogP contribution >= 0.6 is 11.6 Å². The molecule has 2 heterocycles. The van der Waals surface area contributed by atoms with E-state index in [0.717, 1.165) is 25.2 Å². The number of nitrogens with zero attached hydrogens (tertiary/aromatic N) is 4. The van der Waals surface area contributed by atoms with Gasteiger partial charge in [-0.3, -0.25) is 18.9 Å². The molecule has 3 rings (SSSR count). The summed E-state index contributed by atoms with van der Waals surface area (Å²) in [6.07, 6.45) is 0. The number of hydrogen-bond donors (Lipinski definition) is 2. The molecule has 28 heavy (non-hydrogen) atoms. The van der Waals surface area contributed by atoms with Crippen LogP contribution in [0.25, 0.3) is 11.2 Å². The van der Waals surface area contributed by atoms with E-state index >= 15 is 0 Å². The molecule has 0 spiro atoms. The topological polar surface area (TPSA) is 88.0 Å². The van der Waals surface area contributed by atoms with E-state index in [9.17, 15) is 9.59 Å². The van der Waals surface area contributed by atoms with Crippen LogP contribution in [0.5, 0.6) is 0 Å². The van der Waals surface area contributed by atoms with Crippen LogP contribution in [-0.4, -0.2) is 50.2 Å². The van der Waals surface area contributed by atoms with Gasteiger partial charge < -0.3 is 10.2 Å². The molecule has 0 aliphatic rings. The number of aromatic nitrogens is 4. The fraction of sp³-hybridized carbons (Fsp3) is 0.421. The molecule has 1 aromatic carbocycles. The van der Waals surface area contributed by atoms with Crippen molar-refractivity contribution in [1.82, 2.24) is 24.0 Å². The molecule has 0 radical (unpaired) electrons. The maximum Gasteiger partial charge on any atom is 0.329 e. The van der Waals surface area contributed by atoms with E-state index in [2.05, 4.69) is 34.0 Å². The van der Waals surface area contributed by atoms with E-state index in [0.29, 0.717) is 35.2 Å². The van der Waals surface area contributed by atoms with Gasteiger partial charge in [-0.25, -0.2) is 4.79 Å². The van der Waals surface area contributed by atoms with Gasteiger partial charge in [0, 0.05) is 25.2 Å². The minimum absolute atomic E-state index is 0.339. The summed E-state index contributed by atoms with van der Waals surface area (Å²) >= 11 is 6.32. The highest BCUT2D eigenvalue weighted by Crippen LogP contribution is 2.21. The van der Waals surface area contributed by atoms with Crippen molar-refractivity contribution in [1.29, 1.82) is 0 Å². The fourth-order valence-electron chi connectivity index (χ4n) is 3.19. The smallest absolute Gasteiger partial charge is 0.329 e. The Morgan fingerprint density at radius 3 is 2.61 bits per heavy atom. The number of aromatic amines is 1. The summed E-state index contributed by atoms with van der Waals surface area (Å²) in [5.74, 6) is 0.536. The van der Waals surface area contributed by atoms with Crippen molar-refractivity contribution in [3.63, 3.8) is 0 Å². The lowest BCUT2D eigenvalue weighted by Crippen LogP contribution is -2.30. The highest BCUT2D eigenvalue weighted by Gasteiger charge is 2.18. The summed E-state index contributed by atoms with van der Waals surface area (Å²) in [6, 6.07) is 7.47. The first-order valence-electron chi connectivity index (χ1n) is 9.35. The summed E-state index contributed by atoms with van der Waals surface area (Å²) < 4.78 is 3.12. The summed E-state index contributed by atoms with van der Waals surface area (Å²) in [7, 11) is 1.59. The Balaban J connectivity index is 2.05. The lowest BCUT2D eigenvalue weighted by molar-refractivity contribution is 0.315. The molecule has 0 amide bonds. The fourth-order valence-corrected chi connectivity index (χ4v) is 3.38. The molecule has 0 aliphatic heterocycles. The van der Waals surface area contributed by atoms with Crippen LogP contribution in [0.4, 0.5) is 5.95 Å². The normalized spacial score (nSPS) is 11.5. The molecule has 0 saturated heterocycles. The number of imidazole rings is 1. The average Bonchev–Trinajstić information content (AvgIpc) is 3.04. The molecule has 3 aromatic rings. The predicted molar refractivity (Wildman–Crippen MR) is 112 cm³/mol. The molecule has 0 bridgehead atoms. The molecule has 9 heteroatoms. The number of likely N-dealkylation sites (N-methyl/N-ethyl adjacent to an activating group) is 1. The van der Waals surface area contributed by atoms with Crippen LogP contribution in [0.1, 0.15) is 19.4 Å². The first kappa shape index (κ1) is 20.2. The first-order chi connectivity index (χ1) is 13.5. The summed E-state index contributed by atoms with van der Waals surface area (Å²) in [6.45, 7) is 8.03. The Bertz CT molecular complexity index is 1080. The van der Waals surface area contributed by atoms with E-state index in [1.807, 2.05) is 24.3 Å². The zero-order valence-corrected chi connectivity index (χ0v) is 17.1. The second-order valence-corrected chi connectivity index (χ2v) is 6.96. The summed E-state index contributed by atoms with van der Waals surface area (Å²) in [5, 5.41) is 3.93. The van der Waals surface area contributed by atoms with Crippen molar-refractivity contribution >= 4 is 28.7 Å².